The number of benzene rings is 1. The molecule has 0 aromatic heterocycles. The zero-order valence-corrected chi connectivity index (χ0v) is 12.9. The lowest BCUT2D eigenvalue weighted by atomic mass is 10.0. The number of piperidine rings is 1. The number of likely N-dealkylation sites (N-methyl/N-ethyl adjacent to an activating group) is 1. The Labute approximate surface area is 127 Å². The van der Waals surface area contributed by atoms with Crippen LogP contribution in [0.25, 0.3) is 0 Å². The minimum absolute atomic E-state index is 0.0598. The van der Waals surface area contributed by atoms with Gasteiger partial charge in [0.2, 0.25) is 5.91 Å². The third kappa shape index (κ3) is 5.14. The van der Waals surface area contributed by atoms with E-state index in [0.717, 1.165) is 31.6 Å². The topological polar surface area (TPSA) is 58.4 Å². The number of rotatable bonds is 6. The van der Waals surface area contributed by atoms with E-state index >= 15 is 0 Å². The molecular weight excluding hydrogens is 262 g/mol. The zero-order valence-electron chi connectivity index (χ0n) is 12.9. The molecule has 2 rings (SSSR count). The van der Waals surface area contributed by atoms with Crippen LogP contribution in [-0.2, 0) is 4.79 Å². The second kappa shape index (κ2) is 8.15. The number of nitrogens with one attached hydrogen (secondary N) is 1. The molecule has 1 aliphatic rings. The van der Waals surface area contributed by atoms with Crippen LogP contribution in [0.4, 0.5) is 0 Å². The minimum Gasteiger partial charge on any atom is -0.352 e. The van der Waals surface area contributed by atoms with Gasteiger partial charge >= 0.3 is 0 Å². The van der Waals surface area contributed by atoms with Crippen molar-refractivity contribution in [2.24, 2.45) is 5.73 Å². The van der Waals surface area contributed by atoms with E-state index in [2.05, 4.69) is 17.1 Å². The summed E-state index contributed by atoms with van der Waals surface area (Å²) in [5, 5.41) is 3.15. The average molecular weight is 289 g/mol. The molecule has 3 N–H and O–H groups in total. The molecule has 0 spiro atoms. The second-order valence-electron chi connectivity index (χ2n) is 5.86. The Hall–Kier alpha value is -1.39. The maximum Gasteiger partial charge on any atom is 0.220 e. The molecule has 1 aromatic carbocycles. The molecule has 2 atom stereocenters. The molecule has 116 valence electrons. The fourth-order valence-corrected chi connectivity index (χ4v) is 2.91. The number of carbonyl (C=O) groups is 1. The molecule has 4 nitrogen and oxygen atoms in total. The molecule has 1 aliphatic heterocycles. The van der Waals surface area contributed by atoms with E-state index in [1.807, 2.05) is 30.3 Å². The molecule has 1 aromatic rings. The van der Waals surface area contributed by atoms with Gasteiger partial charge in [-0.25, -0.2) is 0 Å². The Morgan fingerprint density at radius 3 is 2.90 bits per heavy atom. The van der Waals surface area contributed by atoms with Crippen molar-refractivity contribution in [2.45, 2.75) is 44.7 Å². The number of hydrogen-bond acceptors (Lipinski definition) is 3. The van der Waals surface area contributed by atoms with Crippen LogP contribution in [0, 0.1) is 0 Å². The summed E-state index contributed by atoms with van der Waals surface area (Å²) in [6.07, 6.45) is 3.45. The van der Waals surface area contributed by atoms with Gasteiger partial charge in [0.05, 0.1) is 0 Å². The Kier molecular flexibility index (Phi) is 6.21. The van der Waals surface area contributed by atoms with Gasteiger partial charge in [0, 0.05) is 25.0 Å². The Morgan fingerprint density at radius 2 is 2.19 bits per heavy atom. The highest BCUT2D eigenvalue weighted by Crippen LogP contribution is 2.15. The zero-order chi connectivity index (χ0) is 15.1. The highest BCUT2D eigenvalue weighted by atomic mass is 16.1. The Morgan fingerprint density at radius 1 is 1.43 bits per heavy atom. The number of carbonyl (C=O) groups excluding carboxylic acids is 1. The Bertz CT molecular complexity index is 435. The molecule has 1 saturated heterocycles. The van der Waals surface area contributed by atoms with Crippen molar-refractivity contribution in [3.63, 3.8) is 0 Å². The standard InChI is InChI=1S/C17H27N3O/c1-2-20-12-6-9-15(13-20)19-17(21)11-10-16(18)14-7-4-3-5-8-14/h3-5,7-8,15-16H,2,6,9-13,18H2,1H3,(H,19,21). The van der Waals surface area contributed by atoms with Gasteiger partial charge in [-0.1, -0.05) is 37.3 Å². The van der Waals surface area contributed by atoms with Crippen molar-refractivity contribution >= 4 is 5.91 Å². The van der Waals surface area contributed by atoms with Gasteiger partial charge in [-0.15, -0.1) is 0 Å². The molecule has 21 heavy (non-hydrogen) atoms. The van der Waals surface area contributed by atoms with Crippen LogP contribution in [0.2, 0.25) is 0 Å². The quantitative estimate of drug-likeness (QED) is 0.843. The van der Waals surface area contributed by atoms with E-state index in [4.69, 9.17) is 5.73 Å². The van der Waals surface area contributed by atoms with Crippen LogP contribution in [0.15, 0.2) is 30.3 Å². The lowest BCUT2D eigenvalue weighted by Gasteiger charge is -2.32. The second-order valence-corrected chi connectivity index (χ2v) is 5.86. The van der Waals surface area contributed by atoms with E-state index in [1.165, 1.54) is 6.42 Å². The first kappa shape index (κ1) is 16.0. The summed E-state index contributed by atoms with van der Waals surface area (Å²) in [6.45, 7) is 5.36. The number of amides is 1. The third-order valence-electron chi connectivity index (χ3n) is 4.23. The van der Waals surface area contributed by atoms with Gasteiger partial charge in [-0.05, 0) is 37.9 Å². The molecule has 1 fully saturated rings. The van der Waals surface area contributed by atoms with Crippen molar-refractivity contribution in [1.29, 1.82) is 0 Å². The summed E-state index contributed by atoms with van der Waals surface area (Å²) in [4.78, 5) is 14.4. The third-order valence-corrected chi connectivity index (χ3v) is 4.23. The largest absolute Gasteiger partial charge is 0.352 e. The van der Waals surface area contributed by atoms with Crippen molar-refractivity contribution in [1.82, 2.24) is 10.2 Å². The number of nitrogens with zero attached hydrogens (tertiary/aromatic N) is 1. The molecule has 4 heteroatoms. The van der Waals surface area contributed by atoms with Crippen LogP contribution >= 0.6 is 0 Å². The smallest absolute Gasteiger partial charge is 0.220 e. The SMILES string of the molecule is CCN1CCCC(NC(=O)CCC(N)c2ccccc2)C1. The monoisotopic (exact) mass is 289 g/mol. The minimum atomic E-state index is -0.0598. The predicted molar refractivity (Wildman–Crippen MR) is 85.9 cm³/mol. The highest BCUT2D eigenvalue weighted by molar-refractivity contribution is 5.76. The first-order valence-electron chi connectivity index (χ1n) is 8.01. The van der Waals surface area contributed by atoms with Gasteiger partial charge in [0.15, 0.2) is 0 Å². The van der Waals surface area contributed by atoms with Crippen LogP contribution in [0.5, 0.6) is 0 Å². The molecule has 0 radical (unpaired) electrons. The fourth-order valence-electron chi connectivity index (χ4n) is 2.91. The predicted octanol–water partition coefficient (Wildman–Crippen LogP) is 2.07. The number of nitrogens with two attached hydrogens (primary N) is 1. The molecule has 0 bridgehead atoms. The first-order valence-corrected chi connectivity index (χ1v) is 8.01. The van der Waals surface area contributed by atoms with Crippen molar-refractivity contribution in [3.8, 4) is 0 Å². The summed E-state index contributed by atoms with van der Waals surface area (Å²) in [5.41, 5.74) is 7.23. The van der Waals surface area contributed by atoms with Crippen molar-refractivity contribution < 1.29 is 4.79 Å². The van der Waals surface area contributed by atoms with Gasteiger partial charge < -0.3 is 16.0 Å². The van der Waals surface area contributed by atoms with Crippen LogP contribution in [-0.4, -0.2) is 36.5 Å². The van der Waals surface area contributed by atoms with E-state index in [9.17, 15) is 4.79 Å². The van der Waals surface area contributed by atoms with Crippen molar-refractivity contribution in [3.05, 3.63) is 35.9 Å². The number of likely N-dealkylation sites (tertiary alicyclic amines) is 1. The van der Waals surface area contributed by atoms with Gasteiger partial charge in [-0.2, -0.15) is 0 Å². The normalized spacial score (nSPS) is 21.0. The maximum atomic E-state index is 12.1. The van der Waals surface area contributed by atoms with Crippen LogP contribution in [0.3, 0.4) is 0 Å². The molecule has 2 unspecified atom stereocenters. The fraction of sp³-hybridized carbons (Fsp3) is 0.588. The Balaban J connectivity index is 1.72. The highest BCUT2D eigenvalue weighted by Gasteiger charge is 2.20. The molecular formula is C17H27N3O. The summed E-state index contributed by atoms with van der Waals surface area (Å²) >= 11 is 0. The van der Waals surface area contributed by atoms with Crippen LogP contribution < -0.4 is 11.1 Å². The van der Waals surface area contributed by atoms with E-state index in [1.54, 1.807) is 0 Å². The maximum absolute atomic E-state index is 12.1. The van der Waals surface area contributed by atoms with Gasteiger partial charge in [0.1, 0.15) is 0 Å². The first-order chi connectivity index (χ1) is 10.2. The molecule has 0 saturated carbocycles. The van der Waals surface area contributed by atoms with E-state index < -0.39 is 0 Å². The van der Waals surface area contributed by atoms with E-state index in [0.29, 0.717) is 18.9 Å². The lowest BCUT2D eigenvalue weighted by molar-refractivity contribution is -0.122. The number of hydrogen-bond donors (Lipinski definition) is 2. The molecule has 0 aliphatic carbocycles. The van der Waals surface area contributed by atoms with Crippen LogP contribution in [0.1, 0.15) is 44.2 Å². The summed E-state index contributed by atoms with van der Waals surface area (Å²) < 4.78 is 0. The molecule has 1 heterocycles. The molecule has 1 amide bonds. The average Bonchev–Trinajstić information content (AvgIpc) is 2.53. The summed E-state index contributed by atoms with van der Waals surface area (Å²) in [5.74, 6) is 0.129. The lowest BCUT2D eigenvalue weighted by Crippen LogP contribution is -2.47. The van der Waals surface area contributed by atoms with E-state index in [-0.39, 0.29) is 11.9 Å². The summed E-state index contributed by atoms with van der Waals surface area (Å²) in [7, 11) is 0. The summed E-state index contributed by atoms with van der Waals surface area (Å²) in [6, 6.07) is 10.2. The van der Waals surface area contributed by atoms with Gasteiger partial charge in [-0.3, -0.25) is 4.79 Å². The van der Waals surface area contributed by atoms with Gasteiger partial charge in [0.25, 0.3) is 0 Å². The van der Waals surface area contributed by atoms with Crippen molar-refractivity contribution in [2.75, 3.05) is 19.6 Å².